The molecule has 3 N–H and O–H groups in total. The summed E-state index contributed by atoms with van der Waals surface area (Å²) in [5.41, 5.74) is 5.61. The van der Waals surface area contributed by atoms with Gasteiger partial charge < -0.3 is 0 Å². The van der Waals surface area contributed by atoms with E-state index in [1.54, 1.807) is 0 Å². The number of benzene rings is 1. The van der Waals surface area contributed by atoms with Crippen molar-refractivity contribution < 1.29 is 0 Å². The summed E-state index contributed by atoms with van der Waals surface area (Å²) in [4.78, 5) is 0. The molecule has 1 unspecified atom stereocenters. The van der Waals surface area contributed by atoms with Crippen LogP contribution in [-0.4, -0.2) is 0 Å². The Morgan fingerprint density at radius 1 is 1.31 bits per heavy atom. The van der Waals surface area contributed by atoms with E-state index in [0.717, 1.165) is 19.3 Å². The van der Waals surface area contributed by atoms with E-state index in [0.29, 0.717) is 5.92 Å². The van der Waals surface area contributed by atoms with Crippen molar-refractivity contribution in [1.82, 2.24) is 5.43 Å². The molecule has 1 aromatic rings. The van der Waals surface area contributed by atoms with E-state index in [4.69, 9.17) is 5.84 Å². The van der Waals surface area contributed by atoms with Gasteiger partial charge in [-0.15, -0.1) is 0 Å². The lowest BCUT2D eigenvalue weighted by Crippen LogP contribution is -2.27. The second-order valence-corrected chi connectivity index (χ2v) is 4.85. The lowest BCUT2D eigenvalue weighted by atomic mass is 9.97. The van der Waals surface area contributed by atoms with E-state index in [9.17, 15) is 0 Å². The van der Waals surface area contributed by atoms with Gasteiger partial charge in [-0.05, 0) is 29.9 Å². The lowest BCUT2D eigenvalue weighted by Gasteiger charge is -2.16. The fourth-order valence-electron chi connectivity index (χ4n) is 2.04. The Bertz CT molecular complexity index is 307. The Kier molecular flexibility index (Phi) is 5.50. The van der Waals surface area contributed by atoms with Gasteiger partial charge in [0.25, 0.3) is 0 Å². The molecule has 0 bridgehead atoms. The number of nitrogens with two attached hydrogens (primary N) is 1. The molecule has 0 heterocycles. The first kappa shape index (κ1) is 13.2. The highest BCUT2D eigenvalue weighted by Crippen LogP contribution is 2.20. The molecular formula is C14H24N2. The van der Waals surface area contributed by atoms with E-state index in [1.807, 2.05) is 0 Å². The quantitative estimate of drug-likeness (QED) is 0.571. The van der Waals surface area contributed by atoms with Crippen molar-refractivity contribution in [1.29, 1.82) is 0 Å². The molecule has 0 saturated heterocycles. The molecule has 16 heavy (non-hydrogen) atoms. The van der Waals surface area contributed by atoms with Crippen molar-refractivity contribution in [3.63, 3.8) is 0 Å². The van der Waals surface area contributed by atoms with Gasteiger partial charge in [0.15, 0.2) is 0 Å². The fraction of sp³-hybridized carbons (Fsp3) is 0.571. The molecule has 0 radical (unpaired) electrons. The van der Waals surface area contributed by atoms with Gasteiger partial charge in [0.1, 0.15) is 0 Å². The number of nitrogens with one attached hydrogen (secondary N) is 1. The minimum atomic E-state index is 0.289. The van der Waals surface area contributed by atoms with E-state index in [2.05, 4.69) is 50.5 Å². The van der Waals surface area contributed by atoms with Crippen LogP contribution in [0.1, 0.15) is 50.8 Å². The zero-order valence-corrected chi connectivity index (χ0v) is 10.7. The van der Waals surface area contributed by atoms with Crippen LogP contribution in [0, 0.1) is 5.92 Å². The average molecular weight is 220 g/mol. The molecule has 0 spiro atoms. The predicted octanol–water partition coefficient (Wildman–Crippen LogP) is 3.19. The van der Waals surface area contributed by atoms with E-state index in [1.165, 1.54) is 11.1 Å². The summed E-state index contributed by atoms with van der Waals surface area (Å²) in [7, 11) is 0. The molecule has 0 amide bonds. The third-order valence-corrected chi connectivity index (χ3v) is 2.78. The Labute approximate surface area is 99.2 Å². The largest absolute Gasteiger partial charge is 0.271 e. The second kappa shape index (κ2) is 6.66. The summed E-state index contributed by atoms with van der Waals surface area (Å²) in [6.07, 6.45) is 3.36. The zero-order chi connectivity index (χ0) is 12.0. The lowest BCUT2D eigenvalue weighted by molar-refractivity contribution is 0.509. The maximum atomic E-state index is 5.59. The maximum absolute atomic E-state index is 5.59. The summed E-state index contributed by atoms with van der Waals surface area (Å²) in [6, 6.07) is 9.05. The van der Waals surface area contributed by atoms with Crippen molar-refractivity contribution in [3.05, 3.63) is 35.4 Å². The zero-order valence-electron chi connectivity index (χ0n) is 10.7. The number of rotatable bonds is 6. The van der Waals surface area contributed by atoms with Crippen LogP contribution in [0.25, 0.3) is 0 Å². The molecule has 0 fully saturated rings. The molecule has 1 aromatic carbocycles. The molecule has 0 aliphatic rings. The average Bonchev–Trinajstić information content (AvgIpc) is 2.25. The fourth-order valence-corrected chi connectivity index (χ4v) is 2.04. The molecular weight excluding hydrogens is 196 g/mol. The van der Waals surface area contributed by atoms with E-state index >= 15 is 0 Å². The second-order valence-electron chi connectivity index (χ2n) is 4.85. The molecule has 1 rings (SSSR count). The van der Waals surface area contributed by atoms with Crippen LogP contribution in [0.4, 0.5) is 0 Å². The van der Waals surface area contributed by atoms with Gasteiger partial charge in [-0.3, -0.25) is 11.3 Å². The van der Waals surface area contributed by atoms with Crippen LogP contribution in [0.5, 0.6) is 0 Å². The first-order chi connectivity index (χ1) is 7.67. The third-order valence-electron chi connectivity index (χ3n) is 2.78. The minimum absolute atomic E-state index is 0.289. The van der Waals surface area contributed by atoms with Crippen LogP contribution in [0.2, 0.25) is 0 Å². The third kappa shape index (κ3) is 3.95. The first-order valence-corrected chi connectivity index (χ1v) is 6.22. The van der Waals surface area contributed by atoms with Crippen molar-refractivity contribution in [2.24, 2.45) is 11.8 Å². The summed E-state index contributed by atoms with van der Waals surface area (Å²) in [5, 5.41) is 0. The molecule has 2 heteroatoms. The molecule has 0 saturated carbocycles. The molecule has 0 aliphatic carbocycles. The highest BCUT2D eigenvalue weighted by molar-refractivity contribution is 5.26. The van der Waals surface area contributed by atoms with Crippen molar-refractivity contribution >= 4 is 0 Å². The minimum Gasteiger partial charge on any atom is -0.271 e. The topological polar surface area (TPSA) is 38.0 Å². The van der Waals surface area contributed by atoms with Crippen LogP contribution >= 0.6 is 0 Å². The van der Waals surface area contributed by atoms with Crippen LogP contribution in [-0.2, 0) is 6.42 Å². The highest BCUT2D eigenvalue weighted by Gasteiger charge is 2.08. The summed E-state index contributed by atoms with van der Waals surface area (Å²) >= 11 is 0. The summed E-state index contributed by atoms with van der Waals surface area (Å²) in [5.74, 6) is 6.29. The van der Waals surface area contributed by atoms with Gasteiger partial charge in [0.2, 0.25) is 0 Å². The van der Waals surface area contributed by atoms with Crippen molar-refractivity contribution in [3.8, 4) is 0 Å². The van der Waals surface area contributed by atoms with Gasteiger partial charge in [-0.1, -0.05) is 51.5 Å². The first-order valence-electron chi connectivity index (χ1n) is 6.22. The SMILES string of the molecule is CCCC(NN)c1cccc(CC(C)C)c1. The smallest absolute Gasteiger partial charge is 0.0460 e. The summed E-state index contributed by atoms with van der Waals surface area (Å²) < 4.78 is 0. The highest BCUT2D eigenvalue weighted by atomic mass is 15.2. The van der Waals surface area contributed by atoms with Crippen LogP contribution in [0.3, 0.4) is 0 Å². The van der Waals surface area contributed by atoms with E-state index in [-0.39, 0.29) is 6.04 Å². The molecule has 90 valence electrons. The molecule has 2 nitrogen and oxygen atoms in total. The Morgan fingerprint density at radius 3 is 2.62 bits per heavy atom. The van der Waals surface area contributed by atoms with Crippen LogP contribution in [0.15, 0.2) is 24.3 Å². The number of hydrogen-bond acceptors (Lipinski definition) is 2. The van der Waals surface area contributed by atoms with Gasteiger partial charge in [0.05, 0.1) is 0 Å². The Morgan fingerprint density at radius 2 is 2.06 bits per heavy atom. The monoisotopic (exact) mass is 220 g/mol. The predicted molar refractivity (Wildman–Crippen MR) is 70.0 cm³/mol. The van der Waals surface area contributed by atoms with Gasteiger partial charge in [-0.2, -0.15) is 0 Å². The van der Waals surface area contributed by atoms with Crippen molar-refractivity contribution in [2.45, 2.75) is 46.1 Å². The van der Waals surface area contributed by atoms with E-state index < -0.39 is 0 Å². The Balaban J connectivity index is 2.79. The number of hydrazine groups is 1. The normalized spacial score (nSPS) is 13.1. The maximum Gasteiger partial charge on any atom is 0.0460 e. The van der Waals surface area contributed by atoms with Gasteiger partial charge >= 0.3 is 0 Å². The molecule has 1 atom stereocenters. The molecule has 0 aromatic heterocycles. The van der Waals surface area contributed by atoms with Gasteiger partial charge in [-0.25, -0.2) is 0 Å². The van der Waals surface area contributed by atoms with Crippen molar-refractivity contribution in [2.75, 3.05) is 0 Å². The number of hydrogen-bond donors (Lipinski definition) is 2. The standard InChI is InChI=1S/C14H24N2/c1-4-6-14(16-15)13-8-5-7-12(10-13)9-11(2)3/h5,7-8,10-11,14,16H,4,6,9,15H2,1-3H3. The van der Waals surface area contributed by atoms with Gasteiger partial charge in [0, 0.05) is 6.04 Å². The van der Waals surface area contributed by atoms with Crippen LogP contribution < -0.4 is 11.3 Å². The summed E-state index contributed by atoms with van der Waals surface area (Å²) in [6.45, 7) is 6.68. The Hall–Kier alpha value is -0.860. The molecule has 0 aliphatic heterocycles.